The molecular weight excluding hydrogens is 317 g/mol. The normalized spacial score (nSPS) is 13.2. The first-order chi connectivity index (χ1) is 9.88. The Labute approximate surface area is 133 Å². The number of halogens is 2. The highest BCUT2D eigenvalue weighted by atomic mass is 35.5. The van der Waals surface area contributed by atoms with Crippen molar-refractivity contribution < 1.29 is 19.1 Å². The van der Waals surface area contributed by atoms with Crippen LogP contribution in [0.15, 0.2) is 18.2 Å². The Morgan fingerprint density at radius 2 is 2.00 bits per heavy atom. The Morgan fingerprint density at radius 1 is 1.33 bits per heavy atom. The topological polar surface area (TPSA) is 64.6 Å². The van der Waals surface area contributed by atoms with Crippen molar-refractivity contribution in [3.05, 3.63) is 28.2 Å². The summed E-state index contributed by atoms with van der Waals surface area (Å²) >= 11 is 11.8. The Bertz CT molecular complexity index is 522. The molecule has 0 saturated heterocycles. The maximum atomic E-state index is 12.0. The molecule has 0 fully saturated rings. The van der Waals surface area contributed by atoms with Gasteiger partial charge in [-0.05, 0) is 31.5 Å². The molecule has 116 valence electrons. The number of carbonyl (C=O) groups excluding carboxylic acids is 2. The zero-order chi connectivity index (χ0) is 16.0. The van der Waals surface area contributed by atoms with Crippen LogP contribution < -0.4 is 10.1 Å². The molecule has 2 unspecified atom stereocenters. The summed E-state index contributed by atoms with van der Waals surface area (Å²) in [5.41, 5.74) is 0. The second kappa shape index (κ2) is 8.10. The van der Waals surface area contributed by atoms with E-state index in [1.54, 1.807) is 26.0 Å². The standard InChI is InChI=1S/C14H17Cl2NO4/c1-4-11(14(19)20-3)17-13(18)8(2)21-12-6-5-9(15)7-10(12)16/h5-8,11H,4H2,1-3H3,(H,17,18). The molecule has 2 atom stereocenters. The molecule has 1 aromatic rings. The van der Waals surface area contributed by atoms with Gasteiger partial charge in [-0.15, -0.1) is 0 Å². The first kappa shape index (κ1) is 17.6. The SMILES string of the molecule is CCC(NC(=O)C(C)Oc1ccc(Cl)cc1Cl)C(=O)OC. The molecule has 1 amide bonds. The molecule has 1 rings (SSSR count). The van der Waals surface area contributed by atoms with Crippen LogP contribution in [0.1, 0.15) is 20.3 Å². The van der Waals surface area contributed by atoms with E-state index in [9.17, 15) is 9.59 Å². The predicted octanol–water partition coefficient (Wildman–Crippen LogP) is 2.83. The summed E-state index contributed by atoms with van der Waals surface area (Å²) in [6.45, 7) is 3.33. The van der Waals surface area contributed by atoms with Gasteiger partial charge in [0, 0.05) is 5.02 Å². The zero-order valence-corrected chi connectivity index (χ0v) is 13.5. The van der Waals surface area contributed by atoms with Gasteiger partial charge in [-0.2, -0.15) is 0 Å². The van der Waals surface area contributed by atoms with Crippen LogP contribution in [0.5, 0.6) is 5.75 Å². The molecule has 0 heterocycles. The van der Waals surface area contributed by atoms with Crippen molar-refractivity contribution in [2.24, 2.45) is 0 Å². The Hall–Kier alpha value is -1.46. The lowest BCUT2D eigenvalue weighted by Gasteiger charge is -2.19. The molecule has 1 N–H and O–H groups in total. The van der Waals surface area contributed by atoms with Gasteiger partial charge in [-0.1, -0.05) is 30.1 Å². The number of rotatable bonds is 6. The fourth-order valence-corrected chi connectivity index (χ4v) is 2.03. The largest absolute Gasteiger partial charge is 0.479 e. The molecule has 5 nitrogen and oxygen atoms in total. The molecule has 0 saturated carbocycles. The van der Waals surface area contributed by atoms with Gasteiger partial charge in [0.05, 0.1) is 12.1 Å². The van der Waals surface area contributed by atoms with Gasteiger partial charge < -0.3 is 14.8 Å². The maximum absolute atomic E-state index is 12.0. The van der Waals surface area contributed by atoms with Crippen LogP contribution in [-0.4, -0.2) is 31.1 Å². The number of amides is 1. The van der Waals surface area contributed by atoms with Crippen molar-refractivity contribution in [1.82, 2.24) is 5.32 Å². The van der Waals surface area contributed by atoms with E-state index in [1.807, 2.05) is 0 Å². The highest BCUT2D eigenvalue weighted by Crippen LogP contribution is 2.28. The zero-order valence-electron chi connectivity index (χ0n) is 12.0. The molecule has 0 spiro atoms. The van der Waals surface area contributed by atoms with Crippen LogP contribution in [0.25, 0.3) is 0 Å². The van der Waals surface area contributed by atoms with Gasteiger partial charge in [0.25, 0.3) is 5.91 Å². The summed E-state index contributed by atoms with van der Waals surface area (Å²) in [6, 6.07) is 4.00. The van der Waals surface area contributed by atoms with Crippen LogP contribution >= 0.6 is 23.2 Å². The van der Waals surface area contributed by atoms with Gasteiger partial charge >= 0.3 is 5.97 Å². The quantitative estimate of drug-likeness (QED) is 0.813. The minimum atomic E-state index is -0.817. The Morgan fingerprint density at radius 3 is 2.52 bits per heavy atom. The van der Waals surface area contributed by atoms with Crippen molar-refractivity contribution in [1.29, 1.82) is 0 Å². The Balaban J connectivity index is 2.68. The fraction of sp³-hybridized carbons (Fsp3) is 0.429. The minimum Gasteiger partial charge on any atom is -0.479 e. The summed E-state index contributed by atoms with van der Waals surface area (Å²) in [5, 5.41) is 3.34. The summed E-state index contributed by atoms with van der Waals surface area (Å²) in [4.78, 5) is 23.4. The van der Waals surface area contributed by atoms with E-state index in [2.05, 4.69) is 10.1 Å². The third-order valence-electron chi connectivity index (χ3n) is 2.78. The van der Waals surface area contributed by atoms with Crippen LogP contribution in [0.4, 0.5) is 0 Å². The highest BCUT2D eigenvalue weighted by molar-refractivity contribution is 6.35. The number of nitrogens with one attached hydrogen (secondary N) is 1. The lowest BCUT2D eigenvalue weighted by molar-refractivity contribution is -0.146. The van der Waals surface area contributed by atoms with Crippen molar-refractivity contribution in [2.75, 3.05) is 7.11 Å². The third-order valence-corrected chi connectivity index (χ3v) is 3.31. The van der Waals surface area contributed by atoms with Crippen molar-refractivity contribution >= 4 is 35.1 Å². The van der Waals surface area contributed by atoms with E-state index in [4.69, 9.17) is 27.9 Å². The lowest BCUT2D eigenvalue weighted by atomic mass is 10.2. The number of esters is 1. The summed E-state index contributed by atoms with van der Waals surface area (Å²) in [7, 11) is 1.27. The van der Waals surface area contributed by atoms with E-state index in [1.165, 1.54) is 13.2 Å². The first-order valence-electron chi connectivity index (χ1n) is 6.39. The van der Waals surface area contributed by atoms with Crippen LogP contribution in [-0.2, 0) is 14.3 Å². The first-order valence-corrected chi connectivity index (χ1v) is 7.14. The van der Waals surface area contributed by atoms with Gasteiger partial charge in [0.15, 0.2) is 6.10 Å². The molecule has 0 aliphatic heterocycles. The molecule has 7 heteroatoms. The number of ether oxygens (including phenoxy) is 2. The lowest BCUT2D eigenvalue weighted by Crippen LogP contribution is -2.46. The monoisotopic (exact) mass is 333 g/mol. The van der Waals surface area contributed by atoms with Gasteiger partial charge in [-0.3, -0.25) is 4.79 Å². The van der Waals surface area contributed by atoms with Crippen molar-refractivity contribution in [3.63, 3.8) is 0 Å². The van der Waals surface area contributed by atoms with E-state index in [0.717, 1.165) is 0 Å². The van der Waals surface area contributed by atoms with E-state index < -0.39 is 24.0 Å². The minimum absolute atomic E-state index is 0.308. The van der Waals surface area contributed by atoms with Crippen LogP contribution in [0.3, 0.4) is 0 Å². The molecule has 0 aliphatic carbocycles. The number of methoxy groups -OCH3 is 1. The van der Waals surface area contributed by atoms with Gasteiger partial charge in [0.1, 0.15) is 11.8 Å². The van der Waals surface area contributed by atoms with E-state index >= 15 is 0 Å². The second-order valence-corrected chi connectivity index (χ2v) is 5.17. The fourth-order valence-electron chi connectivity index (χ4n) is 1.57. The maximum Gasteiger partial charge on any atom is 0.328 e. The van der Waals surface area contributed by atoms with Crippen molar-refractivity contribution in [3.8, 4) is 5.75 Å². The predicted molar refractivity (Wildman–Crippen MR) is 80.8 cm³/mol. The molecule has 0 aromatic heterocycles. The second-order valence-electron chi connectivity index (χ2n) is 4.33. The average Bonchev–Trinajstić information content (AvgIpc) is 2.46. The smallest absolute Gasteiger partial charge is 0.328 e. The number of carbonyl (C=O) groups is 2. The molecule has 0 bridgehead atoms. The molecule has 21 heavy (non-hydrogen) atoms. The number of hydrogen-bond donors (Lipinski definition) is 1. The summed E-state index contributed by atoms with van der Waals surface area (Å²) < 4.78 is 10.1. The van der Waals surface area contributed by atoms with E-state index in [-0.39, 0.29) is 0 Å². The third kappa shape index (κ3) is 5.10. The molecular formula is C14H17Cl2NO4. The van der Waals surface area contributed by atoms with Crippen molar-refractivity contribution in [2.45, 2.75) is 32.4 Å². The van der Waals surface area contributed by atoms with Gasteiger partial charge in [0.2, 0.25) is 0 Å². The van der Waals surface area contributed by atoms with E-state index in [0.29, 0.717) is 22.2 Å². The number of benzene rings is 1. The average molecular weight is 334 g/mol. The summed E-state index contributed by atoms with van der Waals surface area (Å²) in [6.07, 6.45) is -0.394. The van der Waals surface area contributed by atoms with Crippen LogP contribution in [0.2, 0.25) is 10.0 Å². The summed E-state index contributed by atoms with van der Waals surface area (Å²) in [5.74, 6) is -0.587. The Kier molecular flexibility index (Phi) is 6.78. The molecule has 1 aromatic carbocycles. The van der Waals surface area contributed by atoms with Crippen LogP contribution in [0, 0.1) is 0 Å². The highest BCUT2D eigenvalue weighted by Gasteiger charge is 2.23. The molecule has 0 aliphatic rings. The van der Waals surface area contributed by atoms with Gasteiger partial charge in [-0.25, -0.2) is 4.79 Å². The molecule has 0 radical (unpaired) electrons. The number of hydrogen-bond acceptors (Lipinski definition) is 4.